The number of nitrogens with zero attached hydrogens (tertiary/aromatic N) is 2. The lowest BCUT2D eigenvalue weighted by molar-refractivity contribution is 0.305. The van der Waals surface area contributed by atoms with Crippen LogP contribution in [0.4, 0.5) is 26.2 Å². The number of anilines is 3. The van der Waals surface area contributed by atoms with Gasteiger partial charge in [-0.3, -0.25) is 4.78 Å². The van der Waals surface area contributed by atoms with E-state index in [-0.39, 0.29) is 17.1 Å². The highest BCUT2D eigenvalue weighted by molar-refractivity contribution is 7.90. The van der Waals surface area contributed by atoms with E-state index in [1.165, 1.54) is 30.5 Å². The van der Waals surface area contributed by atoms with E-state index in [1.807, 2.05) is 0 Å². The summed E-state index contributed by atoms with van der Waals surface area (Å²) in [6.07, 6.45) is 4.94. The standard InChI is InChI=1S/C23H25F2N5O2S/c1-33(26,31)14-15-9-21-27-7-3-2-4-8-32-20-11-16(24)5-6-17(20)18-12-22(28-13-19(18)25)30-23(10-15)29-21/h5-6,9-13,26H,2-4,7-8,14H2,1H3,(H2,27,28,29,30). The Bertz CT molecular complexity index is 1270. The fraction of sp³-hybridized carbons (Fsp3) is 0.304. The summed E-state index contributed by atoms with van der Waals surface area (Å²) in [6.45, 7) is 1.04. The first-order valence-corrected chi connectivity index (χ1v) is 12.7. The minimum Gasteiger partial charge on any atom is -0.493 e. The van der Waals surface area contributed by atoms with Gasteiger partial charge in [-0.25, -0.2) is 23.0 Å². The van der Waals surface area contributed by atoms with Gasteiger partial charge in [0, 0.05) is 39.7 Å². The predicted octanol–water partition coefficient (Wildman–Crippen LogP) is 5.32. The number of aromatic nitrogens is 2. The van der Waals surface area contributed by atoms with Crippen LogP contribution in [0.25, 0.3) is 11.1 Å². The summed E-state index contributed by atoms with van der Waals surface area (Å²) in [7, 11) is -2.75. The number of hydrogen-bond acceptors (Lipinski definition) is 7. The van der Waals surface area contributed by atoms with Crippen molar-refractivity contribution in [2.75, 3.05) is 30.0 Å². The van der Waals surface area contributed by atoms with Crippen molar-refractivity contribution < 1.29 is 17.7 Å². The molecule has 1 aromatic carbocycles. The molecular formula is C23H25F2N5O2S. The van der Waals surface area contributed by atoms with Crippen LogP contribution in [0.1, 0.15) is 24.8 Å². The molecule has 2 aromatic heterocycles. The van der Waals surface area contributed by atoms with Gasteiger partial charge in [0.25, 0.3) is 0 Å². The van der Waals surface area contributed by atoms with Crippen molar-refractivity contribution in [1.82, 2.24) is 9.97 Å². The molecule has 7 nitrogen and oxygen atoms in total. The number of halogens is 2. The first-order chi connectivity index (χ1) is 15.8. The zero-order valence-corrected chi connectivity index (χ0v) is 19.0. The molecule has 1 aliphatic rings. The Morgan fingerprint density at radius 1 is 1.06 bits per heavy atom. The minimum absolute atomic E-state index is 0.0806. The summed E-state index contributed by atoms with van der Waals surface area (Å²) in [5.74, 6) is 0.658. The summed E-state index contributed by atoms with van der Waals surface area (Å²) in [5, 5.41) is 6.32. The van der Waals surface area contributed by atoms with E-state index in [1.54, 1.807) is 12.1 Å². The zero-order chi connectivity index (χ0) is 23.4. The first kappa shape index (κ1) is 22.9. The van der Waals surface area contributed by atoms with Gasteiger partial charge in [0.1, 0.15) is 34.8 Å². The van der Waals surface area contributed by atoms with Gasteiger partial charge < -0.3 is 15.4 Å². The molecule has 174 valence electrons. The maximum Gasteiger partial charge on any atom is 0.149 e. The quantitative estimate of drug-likeness (QED) is 0.466. The Morgan fingerprint density at radius 3 is 2.70 bits per heavy atom. The van der Waals surface area contributed by atoms with Crippen molar-refractivity contribution in [1.29, 1.82) is 4.78 Å². The molecule has 4 bridgehead atoms. The largest absolute Gasteiger partial charge is 0.493 e. The molecule has 0 radical (unpaired) electrons. The van der Waals surface area contributed by atoms with E-state index < -0.39 is 21.4 Å². The van der Waals surface area contributed by atoms with Crippen LogP contribution in [0.5, 0.6) is 5.75 Å². The summed E-state index contributed by atoms with van der Waals surface area (Å²) in [4.78, 5) is 8.65. The summed E-state index contributed by atoms with van der Waals surface area (Å²) in [6, 6.07) is 9.00. The highest BCUT2D eigenvalue weighted by Gasteiger charge is 2.15. The van der Waals surface area contributed by atoms with Crippen LogP contribution in [0.3, 0.4) is 0 Å². The monoisotopic (exact) mass is 473 g/mol. The molecule has 0 fully saturated rings. The number of benzene rings is 1. The highest BCUT2D eigenvalue weighted by Crippen LogP contribution is 2.34. The van der Waals surface area contributed by atoms with Gasteiger partial charge in [-0.2, -0.15) is 0 Å². The second-order valence-electron chi connectivity index (χ2n) is 8.05. The molecule has 0 aliphatic carbocycles. The summed E-state index contributed by atoms with van der Waals surface area (Å²) >= 11 is 0. The normalized spacial score (nSPS) is 15.8. The van der Waals surface area contributed by atoms with Gasteiger partial charge in [0.2, 0.25) is 0 Å². The molecule has 1 aliphatic heterocycles. The van der Waals surface area contributed by atoms with E-state index in [9.17, 15) is 13.0 Å². The Balaban J connectivity index is 1.77. The molecule has 0 saturated carbocycles. The van der Waals surface area contributed by atoms with Gasteiger partial charge in [-0.05, 0) is 55.2 Å². The number of pyridine rings is 2. The first-order valence-electron chi connectivity index (χ1n) is 10.6. The molecule has 33 heavy (non-hydrogen) atoms. The molecule has 3 aromatic rings. The summed E-state index contributed by atoms with van der Waals surface area (Å²) in [5.41, 5.74) is 1.33. The molecule has 4 rings (SSSR count). The third-order valence-corrected chi connectivity index (χ3v) is 5.94. The van der Waals surface area contributed by atoms with Crippen molar-refractivity contribution in [3.8, 4) is 16.9 Å². The molecule has 3 N–H and O–H groups in total. The van der Waals surface area contributed by atoms with E-state index >= 15 is 0 Å². The van der Waals surface area contributed by atoms with Crippen molar-refractivity contribution in [2.24, 2.45) is 0 Å². The maximum atomic E-state index is 14.7. The number of fused-ring (bicyclic) bond motifs is 6. The van der Waals surface area contributed by atoms with E-state index in [4.69, 9.17) is 9.52 Å². The van der Waals surface area contributed by atoms with Crippen molar-refractivity contribution >= 4 is 27.2 Å². The molecule has 1 unspecified atom stereocenters. The second kappa shape index (κ2) is 9.70. The lowest BCUT2D eigenvalue weighted by atomic mass is 10.0. The van der Waals surface area contributed by atoms with Crippen LogP contribution < -0.4 is 15.4 Å². The maximum absolute atomic E-state index is 14.7. The minimum atomic E-state index is -2.75. The predicted molar refractivity (Wildman–Crippen MR) is 125 cm³/mol. The van der Waals surface area contributed by atoms with Crippen LogP contribution in [0.2, 0.25) is 0 Å². The van der Waals surface area contributed by atoms with Gasteiger partial charge in [-0.15, -0.1) is 0 Å². The van der Waals surface area contributed by atoms with Crippen molar-refractivity contribution in [3.05, 3.63) is 59.8 Å². The van der Waals surface area contributed by atoms with Gasteiger partial charge in [0.05, 0.1) is 18.6 Å². The number of rotatable bonds is 2. The Morgan fingerprint density at radius 2 is 1.88 bits per heavy atom. The number of hydrogen-bond donors (Lipinski definition) is 3. The Labute approximate surface area is 191 Å². The Kier molecular flexibility index (Phi) is 6.73. The Hall–Kier alpha value is -3.27. The average Bonchev–Trinajstić information content (AvgIpc) is 2.73. The third kappa shape index (κ3) is 6.16. The van der Waals surface area contributed by atoms with Crippen LogP contribution in [-0.4, -0.2) is 33.6 Å². The average molecular weight is 474 g/mol. The molecule has 0 saturated heterocycles. The van der Waals surface area contributed by atoms with Crippen LogP contribution in [0, 0.1) is 16.4 Å². The van der Waals surface area contributed by atoms with Crippen LogP contribution in [0.15, 0.2) is 42.6 Å². The highest BCUT2D eigenvalue weighted by atomic mass is 32.2. The molecule has 0 spiro atoms. The van der Waals surface area contributed by atoms with E-state index in [0.717, 1.165) is 25.5 Å². The smallest absolute Gasteiger partial charge is 0.149 e. The topological polar surface area (TPSA) is 100.0 Å². The third-order valence-electron chi connectivity index (χ3n) is 5.06. The lowest BCUT2D eigenvalue weighted by Crippen LogP contribution is -2.09. The summed E-state index contributed by atoms with van der Waals surface area (Å²) < 4.78 is 54.2. The van der Waals surface area contributed by atoms with E-state index in [2.05, 4.69) is 20.6 Å². The fourth-order valence-corrected chi connectivity index (χ4v) is 4.43. The number of ether oxygens (including phenoxy) is 1. The molecule has 1 atom stereocenters. The van der Waals surface area contributed by atoms with Gasteiger partial charge in [0.15, 0.2) is 0 Å². The number of nitrogens with one attached hydrogen (secondary N) is 3. The van der Waals surface area contributed by atoms with Gasteiger partial charge in [-0.1, -0.05) is 0 Å². The lowest BCUT2D eigenvalue weighted by Gasteiger charge is -2.15. The SMILES string of the molecule is CS(=N)(=O)Cc1cc2nc(c1)Nc1cc(c(F)cn1)-c1ccc(F)cc1OCCCCCN2. The molecule has 0 amide bonds. The molecule has 10 heteroatoms. The molecule has 3 heterocycles. The zero-order valence-electron chi connectivity index (χ0n) is 18.2. The fourth-order valence-electron chi connectivity index (χ4n) is 3.63. The van der Waals surface area contributed by atoms with Crippen molar-refractivity contribution in [2.45, 2.75) is 25.0 Å². The van der Waals surface area contributed by atoms with Gasteiger partial charge >= 0.3 is 0 Å². The van der Waals surface area contributed by atoms with Crippen molar-refractivity contribution in [3.63, 3.8) is 0 Å². The second-order valence-corrected chi connectivity index (χ2v) is 10.3. The molecular weight excluding hydrogens is 448 g/mol. The van der Waals surface area contributed by atoms with Crippen LogP contribution in [-0.2, 0) is 15.5 Å². The van der Waals surface area contributed by atoms with E-state index in [0.29, 0.717) is 41.7 Å². The van der Waals surface area contributed by atoms with Crippen LogP contribution >= 0.6 is 0 Å².